The zero-order valence-corrected chi connectivity index (χ0v) is 11.3. The zero-order valence-electron chi connectivity index (χ0n) is 11.3. The largest absolute Gasteiger partial charge is 0.339 e. The Morgan fingerprint density at radius 3 is 2.31 bits per heavy atom. The number of unbranched alkanes of at least 4 members (excludes halogenated alkanes) is 1. The quantitative estimate of drug-likeness (QED) is 0.694. The lowest BCUT2D eigenvalue weighted by Crippen LogP contribution is -2.48. The molecular formula is C13H28N2O. The molecule has 0 aliphatic rings. The molecule has 0 radical (unpaired) electrons. The van der Waals surface area contributed by atoms with Crippen molar-refractivity contribution in [1.29, 1.82) is 0 Å². The minimum atomic E-state index is -0.309. The first-order chi connectivity index (χ1) is 7.58. The predicted molar refractivity (Wildman–Crippen MR) is 69.3 cm³/mol. The number of carbonyl (C=O) groups is 1. The maximum atomic E-state index is 12.1. The van der Waals surface area contributed by atoms with E-state index < -0.39 is 0 Å². The molecular weight excluding hydrogens is 200 g/mol. The molecule has 3 nitrogen and oxygen atoms in total. The van der Waals surface area contributed by atoms with Gasteiger partial charge in [-0.05, 0) is 26.2 Å². The smallest absolute Gasteiger partial charge is 0.239 e. The molecule has 96 valence electrons. The number of rotatable bonds is 8. The third-order valence-corrected chi connectivity index (χ3v) is 3.08. The summed E-state index contributed by atoms with van der Waals surface area (Å²) in [4.78, 5) is 14.1. The molecule has 2 N–H and O–H groups in total. The number of amides is 1. The van der Waals surface area contributed by atoms with Crippen LogP contribution in [0.5, 0.6) is 0 Å². The molecule has 0 rings (SSSR count). The molecule has 0 saturated heterocycles. The second-order valence-electron chi connectivity index (χ2n) is 4.54. The normalized spacial score (nSPS) is 14.6. The zero-order chi connectivity index (χ0) is 12.6. The molecule has 16 heavy (non-hydrogen) atoms. The highest BCUT2D eigenvalue weighted by molar-refractivity contribution is 5.81. The summed E-state index contributed by atoms with van der Waals surface area (Å²) in [5, 5.41) is 0. The first kappa shape index (κ1) is 15.4. The molecule has 0 heterocycles. The average Bonchev–Trinajstić information content (AvgIpc) is 2.29. The number of nitrogens with zero attached hydrogens (tertiary/aromatic N) is 1. The van der Waals surface area contributed by atoms with Crippen LogP contribution in [0.2, 0.25) is 0 Å². The summed E-state index contributed by atoms with van der Waals surface area (Å²) in [6.07, 6.45) is 4.93. The van der Waals surface area contributed by atoms with Crippen LogP contribution >= 0.6 is 0 Å². The van der Waals surface area contributed by atoms with Crippen LogP contribution in [0.4, 0.5) is 0 Å². The van der Waals surface area contributed by atoms with Crippen molar-refractivity contribution in [1.82, 2.24) is 4.90 Å². The fraction of sp³-hybridized carbons (Fsp3) is 0.923. The van der Waals surface area contributed by atoms with Gasteiger partial charge in [0, 0.05) is 12.6 Å². The number of hydrogen-bond acceptors (Lipinski definition) is 2. The van der Waals surface area contributed by atoms with E-state index in [-0.39, 0.29) is 11.9 Å². The monoisotopic (exact) mass is 228 g/mol. The van der Waals surface area contributed by atoms with Crippen LogP contribution < -0.4 is 5.73 Å². The topological polar surface area (TPSA) is 46.3 Å². The number of nitrogens with two attached hydrogens (primary N) is 1. The number of hydrogen-bond donors (Lipinski definition) is 1. The van der Waals surface area contributed by atoms with Gasteiger partial charge in [-0.1, -0.05) is 33.6 Å². The molecule has 0 aromatic carbocycles. The fourth-order valence-corrected chi connectivity index (χ4v) is 1.74. The second-order valence-corrected chi connectivity index (χ2v) is 4.54. The summed E-state index contributed by atoms with van der Waals surface area (Å²) in [5.41, 5.74) is 5.90. The van der Waals surface area contributed by atoms with E-state index in [1.165, 1.54) is 0 Å². The van der Waals surface area contributed by atoms with E-state index >= 15 is 0 Å². The Morgan fingerprint density at radius 2 is 1.88 bits per heavy atom. The summed E-state index contributed by atoms with van der Waals surface area (Å²) in [6, 6.07) is -0.00203. The second kappa shape index (κ2) is 8.57. The third kappa shape index (κ3) is 4.97. The molecule has 2 atom stereocenters. The summed E-state index contributed by atoms with van der Waals surface area (Å²) in [5.74, 6) is 0.129. The van der Waals surface area contributed by atoms with E-state index in [2.05, 4.69) is 27.7 Å². The third-order valence-electron chi connectivity index (χ3n) is 3.08. The van der Waals surface area contributed by atoms with Gasteiger partial charge < -0.3 is 10.6 Å². The van der Waals surface area contributed by atoms with E-state index in [9.17, 15) is 4.79 Å². The van der Waals surface area contributed by atoms with Gasteiger partial charge in [0.25, 0.3) is 0 Å². The standard InChI is InChI=1S/C13H28N2O/c1-5-8-10-15(11(4)7-3)13(16)12(14)9-6-2/h11-12H,5-10,14H2,1-4H3/t11?,12-/m0/s1. The van der Waals surface area contributed by atoms with Crippen LogP contribution in [0, 0.1) is 0 Å². The van der Waals surface area contributed by atoms with Crippen molar-refractivity contribution >= 4 is 5.91 Å². The molecule has 0 aliphatic carbocycles. The number of carbonyl (C=O) groups excluding carboxylic acids is 1. The Hall–Kier alpha value is -0.570. The van der Waals surface area contributed by atoms with Gasteiger partial charge in [0.1, 0.15) is 0 Å². The average molecular weight is 228 g/mol. The maximum Gasteiger partial charge on any atom is 0.239 e. The Morgan fingerprint density at radius 1 is 1.25 bits per heavy atom. The molecule has 1 unspecified atom stereocenters. The summed E-state index contributed by atoms with van der Waals surface area (Å²) >= 11 is 0. The van der Waals surface area contributed by atoms with E-state index in [0.29, 0.717) is 6.04 Å². The summed E-state index contributed by atoms with van der Waals surface area (Å²) in [6.45, 7) is 9.27. The van der Waals surface area contributed by atoms with Gasteiger partial charge >= 0.3 is 0 Å². The van der Waals surface area contributed by atoms with Crippen molar-refractivity contribution in [3.8, 4) is 0 Å². The molecule has 0 aliphatic heterocycles. The van der Waals surface area contributed by atoms with Gasteiger partial charge in [-0.3, -0.25) is 4.79 Å². The van der Waals surface area contributed by atoms with Crippen molar-refractivity contribution < 1.29 is 4.79 Å². The molecule has 0 aromatic heterocycles. The van der Waals surface area contributed by atoms with Crippen LogP contribution in [-0.4, -0.2) is 29.4 Å². The fourth-order valence-electron chi connectivity index (χ4n) is 1.74. The van der Waals surface area contributed by atoms with E-state index in [0.717, 1.165) is 38.6 Å². The first-order valence-corrected chi connectivity index (χ1v) is 6.64. The molecule has 3 heteroatoms. The van der Waals surface area contributed by atoms with Gasteiger partial charge in [0.15, 0.2) is 0 Å². The van der Waals surface area contributed by atoms with Crippen molar-refractivity contribution in [3.05, 3.63) is 0 Å². The Kier molecular flexibility index (Phi) is 8.26. The van der Waals surface area contributed by atoms with Crippen LogP contribution in [0.3, 0.4) is 0 Å². The molecule has 0 saturated carbocycles. The van der Waals surface area contributed by atoms with Gasteiger partial charge in [-0.25, -0.2) is 0 Å². The van der Waals surface area contributed by atoms with Crippen LogP contribution in [0.15, 0.2) is 0 Å². The summed E-state index contributed by atoms with van der Waals surface area (Å²) < 4.78 is 0. The van der Waals surface area contributed by atoms with E-state index in [4.69, 9.17) is 5.73 Å². The van der Waals surface area contributed by atoms with E-state index in [1.807, 2.05) is 4.90 Å². The molecule has 0 bridgehead atoms. The highest BCUT2D eigenvalue weighted by Gasteiger charge is 2.23. The van der Waals surface area contributed by atoms with Crippen LogP contribution in [0.1, 0.15) is 59.8 Å². The van der Waals surface area contributed by atoms with Crippen molar-refractivity contribution in [3.63, 3.8) is 0 Å². The predicted octanol–water partition coefficient (Wildman–Crippen LogP) is 2.54. The highest BCUT2D eigenvalue weighted by atomic mass is 16.2. The minimum absolute atomic E-state index is 0.129. The van der Waals surface area contributed by atoms with Gasteiger partial charge in [0.2, 0.25) is 5.91 Å². The lowest BCUT2D eigenvalue weighted by Gasteiger charge is -2.31. The Balaban J connectivity index is 4.42. The van der Waals surface area contributed by atoms with Crippen molar-refractivity contribution in [2.75, 3.05) is 6.54 Å². The van der Waals surface area contributed by atoms with E-state index in [1.54, 1.807) is 0 Å². The first-order valence-electron chi connectivity index (χ1n) is 6.64. The SMILES string of the molecule is CCCCN(C(=O)[C@@H](N)CCC)C(C)CC. The van der Waals surface area contributed by atoms with Crippen molar-refractivity contribution in [2.45, 2.75) is 71.9 Å². The van der Waals surface area contributed by atoms with Gasteiger partial charge in [-0.15, -0.1) is 0 Å². The van der Waals surface area contributed by atoms with Gasteiger partial charge in [0.05, 0.1) is 6.04 Å². The minimum Gasteiger partial charge on any atom is -0.339 e. The Bertz CT molecular complexity index is 194. The van der Waals surface area contributed by atoms with Crippen LogP contribution in [-0.2, 0) is 4.79 Å². The molecule has 0 spiro atoms. The Labute approximate surface area is 100 Å². The summed E-state index contributed by atoms with van der Waals surface area (Å²) in [7, 11) is 0. The maximum absolute atomic E-state index is 12.1. The molecule has 0 aromatic rings. The van der Waals surface area contributed by atoms with Crippen molar-refractivity contribution in [2.24, 2.45) is 5.73 Å². The molecule has 1 amide bonds. The lowest BCUT2D eigenvalue weighted by atomic mass is 10.1. The van der Waals surface area contributed by atoms with Crippen LogP contribution in [0.25, 0.3) is 0 Å². The van der Waals surface area contributed by atoms with Gasteiger partial charge in [-0.2, -0.15) is 0 Å². The lowest BCUT2D eigenvalue weighted by molar-refractivity contribution is -0.135. The molecule has 0 fully saturated rings. The highest BCUT2D eigenvalue weighted by Crippen LogP contribution is 2.09.